The molecule has 2 aromatic rings. The molecule has 0 fully saturated rings. The van der Waals surface area contributed by atoms with Gasteiger partial charge in [-0.2, -0.15) is 4.39 Å². The smallest absolute Gasteiger partial charge is 0.273 e. The van der Waals surface area contributed by atoms with Crippen LogP contribution in [0.2, 0.25) is 0 Å². The van der Waals surface area contributed by atoms with Gasteiger partial charge in [0, 0.05) is 6.20 Å². The molecule has 0 saturated carbocycles. The van der Waals surface area contributed by atoms with Gasteiger partial charge in [0.15, 0.2) is 5.95 Å². The van der Waals surface area contributed by atoms with E-state index in [0.29, 0.717) is 9.22 Å². The molecule has 0 aromatic carbocycles. The molecule has 5 heteroatoms. The molecule has 0 atom stereocenters. The van der Waals surface area contributed by atoms with Crippen molar-refractivity contribution in [3.05, 3.63) is 38.3 Å². The van der Waals surface area contributed by atoms with Crippen LogP contribution < -0.4 is 5.56 Å². The summed E-state index contributed by atoms with van der Waals surface area (Å²) in [6, 6.07) is 2.71. The van der Waals surface area contributed by atoms with Crippen LogP contribution in [0.4, 0.5) is 4.39 Å². The third kappa shape index (κ3) is 1.04. The molecule has 0 spiro atoms. The van der Waals surface area contributed by atoms with E-state index in [-0.39, 0.29) is 5.56 Å². The Morgan fingerprint density at radius 3 is 3.00 bits per heavy atom. The van der Waals surface area contributed by atoms with Crippen LogP contribution in [-0.4, -0.2) is 9.38 Å². The van der Waals surface area contributed by atoms with Crippen molar-refractivity contribution < 1.29 is 4.39 Å². The van der Waals surface area contributed by atoms with E-state index >= 15 is 0 Å². The molecule has 2 heterocycles. The number of hydrogen-bond acceptors (Lipinski definition) is 1. The van der Waals surface area contributed by atoms with Gasteiger partial charge in [-0.25, -0.2) is 0 Å². The maximum absolute atomic E-state index is 12.9. The van der Waals surface area contributed by atoms with Crippen LogP contribution in [0.1, 0.15) is 0 Å². The summed E-state index contributed by atoms with van der Waals surface area (Å²) in [5.41, 5.74) is 0.0544. The van der Waals surface area contributed by atoms with Gasteiger partial charge in [0.1, 0.15) is 5.52 Å². The minimum absolute atomic E-state index is 0.272. The van der Waals surface area contributed by atoms with Gasteiger partial charge in [-0.15, -0.1) is 0 Å². The second-order valence-electron chi connectivity index (χ2n) is 2.34. The SMILES string of the molecule is O=c1[nH]c(I)cn2c(F)ccc12. The van der Waals surface area contributed by atoms with Gasteiger partial charge >= 0.3 is 0 Å². The average molecular weight is 278 g/mol. The molecular weight excluding hydrogens is 274 g/mol. The molecule has 0 unspecified atom stereocenters. The molecule has 0 aliphatic rings. The number of aromatic amines is 1. The van der Waals surface area contributed by atoms with Crippen molar-refractivity contribution in [3.63, 3.8) is 0 Å². The molecule has 1 N–H and O–H groups in total. The number of aromatic nitrogens is 2. The predicted molar refractivity (Wildman–Crippen MR) is 50.7 cm³/mol. The van der Waals surface area contributed by atoms with Crippen LogP contribution in [0.5, 0.6) is 0 Å². The monoisotopic (exact) mass is 278 g/mol. The van der Waals surface area contributed by atoms with E-state index in [9.17, 15) is 9.18 Å². The maximum Gasteiger partial charge on any atom is 0.273 e. The Kier molecular flexibility index (Phi) is 1.67. The van der Waals surface area contributed by atoms with Gasteiger partial charge in [-0.3, -0.25) is 9.20 Å². The summed E-state index contributed by atoms with van der Waals surface area (Å²) in [5, 5.41) is 0. The lowest BCUT2D eigenvalue weighted by atomic mass is 10.5. The van der Waals surface area contributed by atoms with Crippen molar-refractivity contribution in [1.82, 2.24) is 9.38 Å². The van der Waals surface area contributed by atoms with E-state index in [1.807, 2.05) is 22.6 Å². The topological polar surface area (TPSA) is 37.3 Å². The Hall–Kier alpha value is -0.850. The van der Waals surface area contributed by atoms with Crippen molar-refractivity contribution in [2.24, 2.45) is 0 Å². The molecule has 62 valence electrons. The fraction of sp³-hybridized carbons (Fsp3) is 0. The first-order valence-corrected chi connectivity index (χ1v) is 4.32. The molecule has 12 heavy (non-hydrogen) atoms. The first kappa shape index (κ1) is 7.78. The lowest BCUT2D eigenvalue weighted by Crippen LogP contribution is -2.10. The summed E-state index contributed by atoms with van der Waals surface area (Å²) in [7, 11) is 0. The first-order chi connectivity index (χ1) is 5.68. The number of fused-ring (bicyclic) bond motifs is 1. The van der Waals surface area contributed by atoms with Crippen molar-refractivity contribution in [2.75, 3.05) is 0 Å². The van der Waals surface area contributed by atoms with Crippen molar-refractivity contribution >= 4 is 28.1 Å². The van der Waals surface area contributed by atoms with E-state index in [1.165, 1.54) is 22.7 Å². The summed E-state index contributed by atoms with van der Waals surface area (Å²) in [6.07, 6.45) is 1.53. The molecule has 0 saturated heterocycles. The number of halogens is 2. The minimum atomic E-state index is -0.422. The fourth-order valence-corrected chi connectivity index (χ4v) is 1.58. The summed E-state index contributed by atoms with van der Waals surface area (Å²) < 4.78 is 14.7. The highest BCUT2D eigenvalue weighted by atomic mass is 127. The largest absolute Gasteiger partial charge is 0.314 e. The van der Waals surface area contributed by atoms with Crippen molar-refractivity contribution in [2.45, 2.75) is 0 Å². The molecule has 2 aromatic heterocycles. The van der Waals surface area contributed by atoms with Gasteiger partial charge < -0.3 is 4.98 Å². The van der Waals surface area contributed by atoms with E-state index in [2.05, 4.69) is 4.98 Å². The highest BCUT2D eigenvalue weighted by Gasteiger charge is 2.03. The normalized spacial score (nSPS) is 10.8. The number of H-pyrrole nitrogens is 1. The summed E-state index contributed by atoms with van der Waals surface area (Å²) in [6.45, 7) is 0. The molecule has 0 aliphatic carbocycles. The number of rotatable bonds is 0. The van der Waals surface area contributed by atoms with Gasteiger partial charge in [0.25, 0.3) is 5.56 Å². The number of nitrogens with one attached hydrogen (secondary N) is 1. The Morgan fingerprint density at radius 2 is 2.25 bits per heavy atom. The van der Waals surface area contributed by atoms with E-state index in [0.717, 1.165) is 0 Å². The molecule has 0 amide bonds. The molecular formula is C7H4FIN2O. The van der Waals surface area contributed by atoms with Crippen LogP contribution in [-0.2, 0) is 0 Å². The van der Waals surface area contributed by atoms with Gasteiger partial charge in [-0.05, 0) is 34.7 Å². The number of nitrogens with zero attached hydrogens (tertiary/aromatic N) is 1. The zero-order chi connectivity index (χ0) is 8.72. The Balaban J connectivity index is 3.03. The minimum Gasteiger partial charge on any atom is -0.314 e. The van der Waals surface area contributed by atoms with E-state index in [4.69, 9.17) is 0 Å². The molecule has 3 nitrogen and oxygen atoms in total. The highest BCUT2D eigenvalue weighted by molar-refractivity contribution is 14.1. The third-order valence-corrected chi connectivity index (χ3v) is 2.12. The summed E-state index contributed by atoms with van der Waals surface area (Å²) in [5.74, 6) is -0.422. The number of hydrogen-bond donors (Lipinski definition) is 1. The summed E-state index contributed by atoms with van der Waals surface area (Å²) in [4.78, 5) is 13.7. The summed E-state index contributed by atoms with van der Waals surface area (Å²) >= 11 is 1.92. The van der Waals surface area contributed by atoms with Gasteiger partial charge in [0.2, 0.25) is 0 Å². The molecule has 0 bridgehead atoms. The standard InChI is InChI=1S/C7H4FIN2O/c8-5-2-1-4-7(12)10-6(9)3-11(4)5/h1-3H,(H,10,12). The van der Waals surface area contributed by atoms with Crippen LogP contribution in [0.3, 0.4) is 0 Å². The second-order valence-corrected chi connectivity index (χ2v) is 3.50. The quantitative estimate of drug-likeness (QED) is 0.726. The van der Waals surface area contributed by atoms with Crippen LogP contribution >= 0.6 is 22.6 Å². The second kappa shape index (κ2) is 2.58. The maximum atomic E-state index is 12.9. The zero-order valence-electron chi connectivity index (χ0n) is 5.84. The van der Waals surface area contributed by atoms with Crippen LogP contribution in [0.25, 0.3) is 5.52 Å². The lowest BCUT2D eigenvalue weighted by Gasteiger charge is -1.95. The van der Waals surface area contributed by atoms with Crippen LogP contribution in [0, 0.1) is 9.65 Å². The molecule has 0 radical (unpaired) electrons. The Labute approximate surface area is 80.4 Å². The Bertz CT molecular complexity index is 488. The molecule has 0 aliphatic heterocycles. The predicted octanol–water partition coefficient (Wildman–Crippen LogP) is 1.37. The van der Waals surface area contributed by atoms with Crippen LogP contribution in [0.15, 0.2) is 23.1 Å². The van der Waals surface area contributed by atoms with E-state index in [1.54, 1.807) is 0 Å². The Morgan fingerprint density at radius 1 is 1.50 bits per heavy atom. The van der Waals surface area contributed by atoms with E-state index < -0.39 is 5.95 Å². The molecule has 2 rings (SSSR count). The van der Waals surface area contributed by atoms with Gasteiger partial charge in [-0.1, -0.05) is 0 Å². The van der Waals surface area contributed by atoms with Crippen molar-refractivity contribution in [1.29, 1.82) is 0 Å². The first-order valence-electron chi connectivity index (χ1n) is 3.24. The highest BCUT2D eigenvalue weighted by Crippen LogP contribution is 2.05. The van der Waals surface area contributed by atoms with Gasteiger partial charge in [0.05, 0.1) is 3.70 Å². The average Bonchev–Trinajstić information content (AvgIpc) is 2.33. The fourth-order valence-electron chi connectivity index (χ4n) is 1.06. The zero-order valence-corrected chi connectivity index (χ0v) is 8.00. The van der Waals surface area contributed by atoms with Crippen molar-refractivity contribution in [3.8, 4) is 0 Å². The third-order valence-electron chi connectivity index (χ3n) is 1.58. The lowest BCUT2D eigenvalue weighted by molar-refractivity contribution is 0.572.